The summed E-state index contributed by atoms with van der Waals surface area (Å²) >= 11 is 0. The third kappa shape index (κ3) is 5.96. The molecule has 5 rings (SSSR count). The summed E-state index contributed by atoms with van der Waals surface area (Å²) in [4.78, 5) is 40.4. The Kier molecular flexibility index (Phi) is 8.12. The van der Waals surface area contributed by atoms with E-state index in [1.54, 1.807) is 20.8 Å². The van der Waals surface area contributed by atoms with Gasteiger partial charge in [0, 0.05) is 48.8 Å². The molecule has 2 saturated carbocycles. The molecule has 0 spiro atoms. The summed E-state index contributed by atoms with van der Waals surface area (Å²) in [6.07, 6.45) is -9.48. The van der Waals surface area contributed by atoms with E-state index in [0.717, 1.165) is 30.5 Å². The third-order valence-corrected chi connectivity index (χ3v) is 8.28. The fourth-order valence-corrected chi connectivity index (χ4v) is 5.74. The van der Waals surface area contributed by atoms with Crippen LogP contribution in [-0.2, 0) is 10.3 Å². The Morgan fingerprint density at radius 1 is 1.02 bits per heavy atom. The molecule has 8 nitrogen and oxygen atoms in total. The SMILES string of the molecule is CC(C)(C)OC(=O)N1CC2C(C1)C2Nc1cc(=O)n(C2(C(F)F)CC2)cc1C(=O)NC(c1cccc(C(F)F)c1F)C(F)F. The first kappa shape index (κ1) is 31.6. The normalized spacial score (nSPS) is 22.7. The van der Waals surface area contributed by atoms with Crippen molar-refractivity contribution in [2.45, 2.75) is 76.1 Å². The van der Waals surface area contributed by atoms with Crippen LogP contribution < -0.4 is 16.2 Å². The Bertz CT molecular complexity index is 1490. The van der Waals surface area contributed by atoms with Crippen molar-refractivity contribution >= 4 is 17.7 Å². The van der Waals surface area contributed by atoms with Crippen molar-refractivity contribution < 1.29 is 45.1 Å². The average Bonchev–Trinajstić information content (AvgIpc) is 3.80. The fourth-order valence-electron chi connectivity index (χ4n) is 5.74. The fraction of sp³-hybridized carbons (Fsp3) is 0.552. The first-order valence-electron chi connectivity index (χ1n) is 14.0. The molecule has 2 N–H and O–H groups in total. The molecule has 2 aromatic rings. The van der Waals surface area contributed by atoms with Gasteiger partial charge in [0.2, 0.25) is 0 Å². The number of benzene rings is 1. The number of ether oxygens (including phenoxy) is 1. The zero-order valence-corrected chi connectivity index (χ0v) is 23.9. The number of nitrogens with one attached hydrogen (secondary N) is 2. The Hall–Kier alpha value is -3.78. The second-order valence-electron chi connectivity index (χ2n) is 12.4. The molecule has 2 heterocycles. The number of halogens is 7. The van der Waals surface area contributed by atoms with E-state index >= 15 is 0 Å². The number of pyridine rings is 1. The molecule has 15 heteroatoms. The summed E-state index contributed by atoms with van der Waals surface area (Å²) in [7, 11) is 0. The predicted molar refractivity (Wildman–Crippen MR) is 144 cm³/mol. The van der Waals surface area contributed by atoms with Gasteiger partial charge in [-0.3, -0.25) is 9.59 Å². The minimum absolute atomic E-state index is 0.0586. The molecule has 1 aliphatic heterocycles. The maximum Gasteiger partial charge on any atom is 0.410 e. The van der Waals surface area contributed by atoms with Crippen molar-refractivity contribution in [3.63, 3.8) is 0 Å². The van der Waals surface area contributed by atoms with Gasteiger partial charge in [-0.1, -0.05) is 18.2 Å². The molecular formula is C29H31F7N4O4. The second-order valence-corrected chi connectivity index (χ2v) is 12.4. The van der Waals surface area contributed by atoms with Crippen molar-refractivity contribution in [2.24, 2.45) is 11.8 Å². The van der Waals surface area contributed by atoms with Crippen LogP contribution in [0.2, 0.25) is 0 Å². The first-order chi connectivity index (χ1) is 20.5. The number of carbonyl (C=O) groups excluding carboxylic acids is 2. The Morgan fingerprint density at radius 2 is 1.64 bits per heavy atom. The highest BCUT2D eigenvalue weighted by atomic mass is 19.3. The van der Waals surface area contributed by atoms with Crippen molar-refractivity contribution in [3.05, 3.63) is 63.3 Å². The number of likely N-dealkylation sites (tertiary alicyclic amines) is 1. The Balaban J connectivity index is 1.43. The van der Waals surface area contributed by atoms with E-state index in [1.807, 2.05) is 5.32 Å². The van der Waals surface area contributed by atoms with Gasteiger partial charge in [-0.05, 0) is 33.6 Å². The molecule has 3 unspecified atom stereocenters. The van der Waals surface area contributed by atoms with Crippen molar-refractivity contribution in [2.75, 3.05) is 18.4 Å². The number of piperidine rings is 1. The zero-order chi connectivity index (χ0) is 32.3. The highest BCUT2D eigenvalue weighted by Gasteiger charge is 2.58. The molecule has 3 atom stereocenters. The molecular weight excluding hydrogens is 601 g/mol. The largest absolute Gasteiger partial charge is 0.444 e. The van der Waals surface area contributed by atoms with E-state index in [4.69, 9.17) is 4.74 Å². The van der Waals surface area contributed by atoms with E-state index in [9.17, 15) is 45.1 Å². The van der Waals surface area contributed by atoms with Crippen LogP contribution in [0.1, 0.15) is 67.6 Å². The van der Waals surface area contributed by atoms with Gasteiger partial charge < -0.3 is 24.8 Å². The number of carbonyl (C=O) groups is 2. The van der Waals surface area contributed by atoms with Gasteiger partial charge in [-0.25, -0.2) is 35.5 Å². The molecule has 2 amide bonds. The van der Waals surface area contributed by atoms with Crippen LogP contribution >= 0.6 is 0 Å². The highest BCUT2D eigenvalue weighted by molar-refractivity contribution is 5.99. The van der Waals surface area contributed by atoms with Crippen LogP contribution in [-0.4, -0.2) is 59.1 Å². The smallest absolute Gasteiger partial charge is 0.410 e. The molecule has 1 saturated heterocycles. The number of fused-ring (bicyclic) bond motifs is 1. The molecule has 44 heavy (non-hydrogen) atoms. The molecule has 2 aliphatic carbocycles. The summed E-state index contributed by atoms with van der Waals surface area (Å²) < 4.78 is 103. The van der Waals surface area contributed by atoms with Gasteiger partial charge in [0.25, 0.3) is 30.7 Å². The molecule has 1 aromatic carbocycles. The first-order valence-corrected chi connectivity index (χ1v) is 14.0. The van der Waals surface area contributed by atoms with Crippen LogP contribution in [0.15, 0.2) is 35.3 Å². The molecule has 1 aromatic heterocycles. The number of hydrogen-bond donors (Lipinski definition) is 2. The summed E-state index contributed by atoms with van der Waals surface area (Å²) in [5, 5.41) is 4.97. The molecule has 240 valence electrons. The third-order valence-electron chi connectivity index (χ3n) is 8.28. The standard InChI is InChI=1S/C29H31F7N4O4/c1-28(2,3)44-27(43)39-10-15-16(11-39)21(15)37-18-9-19(41)40(29(7-8-29)26(35)36)12-17(18)25(42)38-22(24(33)34)13-5-4-6-14(20(13)30)23(31)32/h4-6,9,12,15-16,21-24,26,37H,7-8,10-11H2,1-3H3,(H,38,42). The maximum atomic E-state index is 14.8. The Labute approximate surface area is 247 Å². The number of amides is 2. The van der Waals surface area contributed by atoms with E-state index in [1.165, 1.54) is 4.90 Å². The molecule has 3 aliphatic rings. The topological polar surface area (TPSA) is 92.7 Å². The van der Waals surface area contributed by atoms with Crippen LogP contribution in [0.5, 0.6) is 0 Å². The van der Waals surface area contributed by atoms with Crippen molar-refractivity contribution in [3.8, 4) is 0 Å². The lowest BCUT2D eigenvalue weighted by Gasteiger charge is -2.26. The summed E-state index contributed by atoms with van der Waals surface area (Å²) in [5.41, 5.74) is -6.03. The van der Waals surface area contributed by atoms with Crippen molar-refractivity contribution in [1.82, 2.24) is 14.8 Å². The lowest BCUT2D eigenvalue weighted by atomic mass is 10.0. The molecule has 0 radical (unpaired) electrons. The monoisotopic (exact) mass is 632 g/mol. The quantitative estimate of drug-likeness (QED) is 0.347. The lowest BCUT2D eigenvalue weighted by Crippen LogP contribution is -2.39. The van der Waals surface area contributed by atoms with Crippen LogP contribution in [0, 0.1) is 17.7 Å². The number of aromatic nitrogens is 1. The summed E-state index contributed by atoms with van der Waals surface area (Å²) in [5.74, 6) is -3.08. The van der Waals surface area contributed by atoms with Gasteiger partial charge in [0.05, 0.1) is 16.8 Å². The van der Waals surface area contributed by atoms with E-state index in [2.05, 4.69) is 5.32 Å². The zero-order valence-electron chi connectivity index (χ0n) is 23.9. The molecule has 0 bridgehead atoms. The lowest BCUT2D eigenvalue weighted by molar-refractivity contribution is 0.0272. The van der Waals surface area contributed by atoms with Gasteiger partial charge in [-0.15, -0.1) is 0 Å². The number of nitrogens with zero attached hydrogens (tertiary/aromatic N) is 2. The number of rotatable bonds is 9. The van der Waals surface area contributed by atoms with Crippen LogP contribution in [0.25, 0.3) is 0 Å². The number of hydrogen-bond acceptors (Lipinski definition) is 5. The second kappa shape index (κ2) is 11.3. The summed E-state index contributed by atoms with van der Waals surface area (Å²) in [6.45, 7) is 5.78. The van der Waals surface area contributed by atoms with Crippen molar-refractivity contribution in [1.29, 1.82) is 0 Å². The summed E-state index contributed by atoms with van der Waals surface area (Å²) in [6, 6.07) is 0.707. The van der Waals surface area contributed by atoms with E-state index < -0.39 is 76.5 Å². The van der Waals surface area contributed by atoms with Crippen LogP contribution in [0.3, 0.4) is 0 Å². The Morgan fingerprint density at radius 3 is 2.16 bits per heavy atom. The number of alkyl halides is 6. The predicted octanol–water partition coefficient (Wildman–Crippen LogP) is 5.69. The van der Waals surface area contributed by atoms with Gasteiger partial charge in [-0.2, -0.15) is 0 Å². The average molecular weight is 633 g/mol. The minimum atomic E-state index is -3.44. The maximum absolute atomic E-state index is 14.8. The van der Waals surface area contributed by atoms with Crippen LogP contribution in [0.4, 0.5) is 41.2 Å². The highest BCUT2D eigenvalue weighted by Crippen LogP contribution is 2.49. The van der Waals surface area contributed by atoms with E-state index in [-0.39, 0.29) is 36.4 Å². The van der Waals surface area contributed by atoms with Gasteiger partial charge >= 0.3 is 6.09 Å². The van der Waals surface area contributed by atoms with Gasteiger partial charge in [0.1, 0.15) is 23.0 Å². The van der Waals surface area contributed by atoms with Gasteiger partial charge in [0.15, 0.2) is 0 Å². The molecule has 3 fully saturated rings. The number of anilines is 1. The minimum Gasteiger partial charge on any atom is -0.444 e. The van der Waals surface area contributed by atoms with E-state index in [0.29, 0.717) is 17.7 Å².